The second-order valence-corrected chi connectivity index (χ2v) is 3.84. The number of pyridine rings is 1. The summed E-state index contributed by atoms with van der Waals surface area (Å²) in [4.78, 5) is 11.9. The van der Waals surface area contributed by atoms with E-state index in [1.54, 1.807) is 0 Å². The zero-order chi connectivity index (χ0) is 11.4. The number of hydrogen-bond donors (Lipinski definition) is 0. The SMILES string of the molecule is Cc1cc[n+](CC(=O)c2ccccc2)cc1. The van der Waals surface area contributed by atoms with Crippen molar-refractivity contribution in [2.75, 3.05) is 0 Å². The molecule has 0 fully saturated rings. The normalized spacial score (nSPS) is 10.1. The smallest absolute Gasteiger partial charge is 0.227 e. The van der Waals surface area contributed by atoms with Crippen LogP contribution in [-0.2, 0) is 6.54 Å². The van der Waals surface area contributed by atoms with Crippen LogP contribution in [0.15, 0.2) is 54.9 Å². The summed E-state index contributed by atoms with van der Waals surface area (Å²) in [6.07, 6.45) is 3.85. The highest BCUT2D eigenvalue weighted by Gasteiger charge is 2.10. The number of carbonyl (C=O) groups excluding carboxylic acids is 1. The number of rotatable bonds is 3. The van der Waals surface area contributed by atoms with Crippen molar-refractivity contribution < 1.29 is 9.36 Å². The molecule has 16 heavy (non-hydrogen) atoms. The fourth-order valence-electron chi connectivity index (χ4n) is 1.52. The highest BCUT2D eigenvalue weighted by molar-refractivity contribution is 5.94. The molecular weight excluding hydrogens is 198 g/mol. The van der Waals surface area contributed by atoms with Crippen molar-refractivity contribution in [3.63, 3.8) is 0 Å². The number of ketones is 1. The molecular formula is C14H14NO+. The number of carbonyl (C=O) groups is 1. The third-order valence-corrected chi connectivity index (χ3v) is 2.48. The first-order valence-electron chi connectivity index (χ1n) is 5.30. The fraction of sp³-hybridized carbons (Fsp3) is 0.143. The van der Waals surface area contributed by atoms with E-state index in [1.807, 2.05) is 66.3 Å². The van der Waals surface area contributed by atoms with Gasteiger partial charge in [0.1, 0.15) is 0 Å². The second-order valence-electron chi connectivity index (χ2n) is 3.84. The molecule has 0 saturated heterocycles. The molecule has 0 spiro atoms. The lowest BCUT2D eigenvalue weighted by atomic mass is 10.1. The number of Topliss-reactive ketones (excluding diaryl/α,β-unsaturated/α-hetero) is 1. The molecule has 0 bridgehead atoms. The first kappa shape index (κ1) is 10.6. The van der Waals surface area contributed by atoms with Gasteiger partial charge in [0, 0.05) is 17.7 Å². The minimum absolute atomic E-state index is 0.134. The van der Waals surface area contributed by atoms with Crippen molar-refractivity contribution in [1.29, 1.82) is 0 Å². The molecule has 2 aromatic rings. The van der Waals surface area contributed by atoms with Crippen LogP contribution in [0.3, 0.4) is 0 Å². The average Bonchev–Trinajstić information content (AvgIpc) is 2.33. The third-order valence-electron chi connectivity index (χ3n) is 2.48. The van der Waals surface area contributed by atoms with Gasteiger partial charge in [0.25, 0.3) is 0 Å². The van der Waals surface area contributed by atoms with E-state index in [0.717, 1.165) is 5.56 Å². The highest BCUT2D eigenvalue weighted by atomic mass is 16.1. The maximum atomic E-state index is 11.9. The zero-order valence-corrected chi connectivity index (χ0v) is 9.26. The molecule has 0 N–H and O–H groups in total. The monoisotopic (exact) mass is 212 g/mol. The Bertz CT molecular complexity index is 474. The maximum Gasteiger partial charge on any atom is 0.227 e. The number of benzene rings is 1. The molecule has 0 aliphatic carbocycles. The van der Waals surface area contributed by atoms with E-state index in [2.05, 4.69) is 0 Å². The van der Waals surface area contributed by atoms with Crippen LogP contribution in [0, 0.1) is 6.92 Å². The van der Waals surface area contributed by atoms with Gasteiger partial charge in [-0.2, -0.15) is 4.57 Å². The van der Waals surface area contributed by atoms with E-state index >= 15 is 0 Å². The molecule has 2 nitrogen and oxygen atoms in total. The Morgan fingerprint density at radius 3 is 2.31 bits per heavy atom. The highest BCUT2D eigenvalue weighted by Crippen LogP contribution is 2.00. The summed E-state index contributed by atoms with van der Waals surface area (Å²) >= 11 is 0. The minimum atomic E-state index is 0.134. The van der Waals surface area contributed by atoms with Crippen molar-refractivity contribution >= 4 is 5.78 Å². The van der Waals surface area contributed by atoms with Crippen LogP contribution in [0.5, 0.6) is 0 Å². The largest absolute Gasteiger partial charge is 0.287 e. The first-order chi connectivity index (χ1) is 7.75. The molecule has 2 heteroatoms. The number of aryl methyl sites for hydroxylation is 1. The topological polar surface area (TPSA) is 20.9 Å². The summed E-state index contributed by atoms with van der Waals surface area (Å²) in [7, 11) is 0. The molecule has 1 heterocycles. The summed E-state index contributed by atoms with van der Waals surface area (Å²) in [6.45, 7) is 2.42. The maximum absolute atomic E-state index is 11.9. The number of nitrogens with zero attached hydrogens (tertiary/aromatic N) is 1. The summed E-state index contributed by atoms with van der Waals surface area (Å²) < 4.78 is 1.89. The van der Waals surface area contributed by atoms with Crippen LogP contribution >= 0.6 is 0 Å². The van der Waals surface area contributed by atoms with E-state index in [9.17, 15) is 4.79 Å². The van der Waals surface area contributed by atoms with Crippen molar-refractivity contribution in [2.24, 2.45) is 0 Å². The van der Waals surface area contributed by atoms with Crippen molar-refractivity contribution in [1.82, 2.24) is 0 Å². The Kier molecular flexibility index (Phi) is 3.10. The van der Waals surface area contributed by atoms with Gasteiger partial charge in [-0.3, -0.25) is 4.79 Å². The zero-order valence-electron chi connectivity index (χ0n) is 9.26. The van der Waals surface area contributed by atoms with Crippen LogP contribution < -0.4 is 4.57 Å². The average molecular weight is 212 g/mol. The Morgan fingerprint density at radius 2 is 1.69 bits per heavy atom. The van der Waals surface area contributed by atoms with Gasteiger partial charge in [0.15, 0.2) is 12.4 Å². The van der Waals surface area contributed by atoms with Gasteiger partial charge in [-0.25, -0.2) is 0 Å². The lowest BCUT2D eigenvalue weighted by Gasteiger charge is -1.97. The van der Waals surface area contributed by atoms with Crippen LogP contribution in [0.4, 0.5) is 0 Å². The van der Waals surface area contributed by atoms with E-state index < -0.39 is 0 Å². The van der Waals surface area contributed by atoms with E-state index in [0.29, 0.717) is 6.54 Å². The molecule has 0 saturated carbocycles. The van der Waals surface area contributed by atoms with Gasteiger partial charge >= 0.3 is 0 Å². The predicted molar refractivity (Wildman–Crippen MR) is 62.1 cm³/mol. The lowest BCUT2D eigenvalue weighted by Crippen LogP contribution is -2.37. The first-order valence-corrected chi connectivity index (χ1v) is 5.30. The molecule has 80 valence electrons. The third kappa shape index (κ3) is 2.54. The van der Waals surface area contributed by atoms with Gasteiger partial charge < -0.3 is 0 Å². The predicted octanol–water partition coefficient (Wildman–Crippen LogP) is 2.17. The van der Waals surface area contributed by atoms with Crippen LogP contribution in [0.25, 0.3) is 0 Å². The quantitative estimate of drug-likeness (QED) is 0.564. The second kappa shape index (κ2) is 4.71. The van der Waals surface area contributed by atoms with Gasteiger partial charge in [0.05, 0.1) is 0 Å². The van der Waals surface area contributed by atoms with Crippen molar-refractivity contribution in [3.05, 3.63) is 66.0 Å². The molecule has 0 radical (unpaired) electrons. The molecule has 2 rings (SSSR count). The summed E-state index contributed by atoms with van der Waals surface area (Å²) in [5, 5.41) is 0. The lowest BCUT2D eigenvalue weighted by molar-refractivity contribution is -0.683. The molecule has 1 aromatic carbocycles. The van der Waals surface area contributed by atoms with Crippen molar-refractivity contribution in [3.8, 4) is 0 Å². The summed E-state index contributed by atoms with van der Waals surface area (Å²) in [5.41, 5.74) is 1.96. The van der Waals surface area contributed by atoms with E-state index in [4.69, 9.17) is 0 Å². The van der Waals surface area contributed by atoms with Gasteiger partial charge in [-0.05, 0) is 12.5 Å². The van der Waals surface area contributed by atoms with Crippen molar-refractivity contribution in [2.45, 2.75) is 13.5 Å². The van der Waals surface area contributed by atoms with E-state index in [1.165, 1.54) is 5.56 Å². The molecule has 1 aromatic heterocycles. The molecule has 0 amide bonds. The minimum Gasteiger partial charge on any atom is -0.287 e. The van der Waals surface area contributed by atoms with Gasteiger partial charge in [0.2, 0.25) is 12.3 Å². The Labute approximate surface area is 95.2 Å². The molecule has 0 unspecified atom stereocenters. The standard InChI is InChI=1S/C14H14NO/c1-12-7-9-15(10-8-12)11-14(16)13-5-3-2-4-6-13/h2-10H,11H2,1H3/q+1. The Balaban J connectivity index is 2.11. The summed E-state index contributed by atoms with van der Waals surface area (Å²) in [6, 6.07) is 13.4. The molecule has 0 aliphatic rings. The van der Waals surface area contributed by atoms with Gasteiger partial charge in [-0.15, -0.1) is 0 Å². The van der Waals surface area contributed by atoms with Crippen LogP contribution in [0.1, 0.15) is 15.9 Å². The van der Waals surface area contributed by atoms with E-state index in [-0.39, 0.29) is 5.78 Å². The summed E-state index contributed by atoms with van der Waals surface area (Å²) in [5.74, 6) is 0.134. The Hall–Kier alpha value is -1.96. The van der Waals surface area contributed by atoms with Gasteiger partial charge in [-0.1, -0.05) is 30.3 Å². The van der Waals surface area contributed by atoms with Crippen LogP contribution in [-0.4, -0.2) is 5.78 Å². The number of aromatic nitrogens is 1. The van der Waals surface area contributed by atoms with Crippen LogP contribution in [0.2, 0.25) is 0 Å². The Morgan fingerprint density at radius 1 is 1.06 bits per heavy atom. The fourth-order valence-corrected chi connectivity index (χ4v) is 1.52. The number of hydrogen-bond acceptors (Lipinski definition) is 1. The molecule has 0 aliphatic heterocycles. The molecule has 0 atom stereocenters.